The van der Waals surface area contributed by atoms with E-state index in [-0.39, 0.29) is 0 Å². The van der Waals surface area contributed by atoms with Crippen molar-refractivity contribution in [3.05, 3.63) is 0 Å². The second-order valence-electron chi connectivity index (χ2n) is 2.79. The van der Waals surface area contributed by atoms with Gasteiger partial charge < -0.3 is 0 Å². The molecule has 2 saturated heterocycles. The first-order valence-corrected chi connectivity index (χ1v) is 3.11. The van der Waals surface area contributed by atoms with Gasteiger partial charge in [-0.15, -0.1) is 0 Å². The van der Waals surface area contributed by atoms with Gasteiger partial charge in [-0.05, 0) is 0 Å². The molecule has 0 bridgehead atoms. The summed E-state index contributed by atoms with van der Waals surface area (Å²) in [5, 5.41) is -3.25. The van der Waals surface area contributed by atoms with Crippen LogP contribution in [0.2, 0.25) is 0 Å². The van der Waals surface area contributed by atoms with Crippen molar-refractivity contribution in [1.82, 2.24) is 10.0 Å². The van der Waals surface area contributed by atoms with Crippen molar-refractivity contribution in [1.29, 1.82) is 0 Å². The average Bonchev–Trinajstić information content (AvgIpc) is 2.46. The van der Waals surface area contributed by atoms with E-state index in [9.17, 15) is 35.1 Å². The van der Waals surface area contributed by atoms with E-state index in [1.807, 2.05) is 0 Å². The van der Waals surface area contributed by atoms with Gasteiger partial charge in [0.15, 0.2) is 0 Å². The predicted octanol–water partition coefficient (Wildman–Crippen LogP) is 1.90. The summed E-state index contributed by atoms with van der Waals surface area (Å²) in [5.74, 6) is 0. The minimum atomic E-state index is -4.98. The fourth-order valence-corrected chi connectivity index (χ4v) is 0.995. The maximum absolute atomic E-state index is 12.0. The van der Waals surface area contributed by atoms with Crippen molar-refractivity contribution in [2.45, 2.75) is 24.2 Å². The average molecular weight is 228 g/mol. The standard InChI is InChI=1S/C4F8N2/c5-1(6)2(7,8)13(1)14-3(9,10)4(14,11)12. The molecule has 0 aliphatic carbocycles. The highest BCUT2D eigenvalue weighted by Crippen LogP contribution is 2.69. The van der Waals surface area contributed by atoms with Gasteiger partial charge >= 0.3 is 24.2 Å². The minimum absolute atomic E-state index is 1.62. The topological polar surface area (TPSA) is 6.02 Å². The van der Waals surface area contributed by atoms with Gasteiger partial charge in [0.2, 0.25) is 0 Å². The minimum Gasteiger partial charge on any atom is -0.178 e. The lowest BCUT2D eigenvalue weighted by molar-refractivity contribution is -0.0894. The molecule has 0 aromatic heterocycles. The van der Waals surface area contributed by atoms with Crippen LogP contribution in [0.25, 0.3) is 0 Å². The fourth-order valence-electron chi connectivity index (χ4n) is 0.995. The van der Waals surface area contributed by atoms with Crippen LogP contribution < -0.4 is 0 Å². The van der Waals surface area contributed by atoms with Gasteiger partial charge in [-0.25, -0.2) is 0 Å². The van der Waals surface area contributed by atoms with Crippen LogP contribution in [0.1, 0.15) is 0 Å². The third-order valence-corrected chi connectivity index (χ3v) is 1.89. The molecule has 0 saturated carbocycles. The van der Waals surface area contributed by atoms with Gasteiger partial charge in [-0.1, -0.05) is 10.0 Å². The molecule has 2 nitrogen and oxygen atoms in total. The van der Waals surface area contributed by atoms with E-state index in [1.165, 1.54) is 0 Å². The number of halogens is 8. The Kier molecular flexibility index (Phi) is 1.31. The highest BCUT2D eigenvalue weighted by Gasteiger charge is 3.00. The van der Waals surface area contributed by atoms with Crippen LogP contribution in [-0.2, 0) is 0 Å². The molecular formula is C4F8N2. The second-order valence-corrected chi connectivity index (χ2v) is 2.79. The van der Waals surface area contributed by atoms with E-state index in [2.05, 4.69) is 0 Å². The number of alkyl halides is 8. The first-order chi connectivity index (χ1) is 5.99. The monoisotopic (exact) mass is 228 g/mol. The Hall–Kier alpha value is -0.640. The first-order valence-electron chi connectivity index (χ1n) is 3.11. The Bertz CT molecular complexity index is 240. The van der Waals surface area contributed by atoms with Gasteiger partial charge in [0, 0.05) is 0 Å². The summed E-state index contributed by atoms with van der Waals surface area (Å²) in [5.41, 5.74) is 0. The molecule has 2 rings (SSSR count). The van der Waals surface area contributed by atoms with E-state index in [0.29, 0.717) is 0 Å². The summed E-state index contributed by atoms with van der Waals surface area (Å²) in [4.78, 5) is 0. The summed E-state index contributed by atoms with van der Waals surface area (Å²) in [6.07, 6.45) is 0. The molecule has 10 heteroatoms. The molecule has 0 spiro atoms. The summed E-state index contributed by atoms with van der Waals surface area (Å²) < 4.78 is 96.2. The van der Waals surface area contributed by atoms with E-state index < -0.39 is 34.2 Å². The third kappa shape index (κ3) is 0.713. The van der Waals surface area contributed by atoms with E-state index >= 15 is 0 Å². The van der Waals surface area contributed by atoms with Crippen molar-refractivity contribution < 1.29 is 35.1 Å². The normalized spacial score (nSPS) is 36.9. The van der Waals surface area contributed by atoms with Crippen LogP contribution in [0, 0.1) is 0 Å². The molecule has 2 heterocycles. The molecule has 0 atom stereocenters. The van der Waals surface area contributed by atoms with Gasteiger partial charge in [-0.2, -0.15) is 35.1 Å². The molecule has 0 unspecified atom stereocenters. The van der Waals surface area contributed by atoms with Crippen LogP contribution in [0.15, 0.2) is 0 Å². The number of hydrazine groups is 1. The number of hydrogen-bond acceptors (Lipinski definition) is 2. The summed E-state index contributed by atoms with van der Waals surface area (Å²) >= 11 is 0. The van der Waals surface area contributed by atoms with Crippen LogP contribution >= 0.6 is 0 Å². The fraction of sp³-hybridized carbons (Fsp3) is 1.00. The predicted molar refractivity (Wildman–Crippen MR) is 23.5 cm³/mol. The van der Waals surface area contributed by atoms with Crippen LogP contribution in [-0.4, -0.2) is 34.2 Å². The van der Waals surface area contributed by atoms with Crippen LogP contribution in [0.4, 0.5) is 35.1 Å². The van der Waals surface area contributed by atoms with Gasteiger partial charge in [-0.3, -0.25) is 0 Å². The Labute approximate surface area is 70.6 Å². The molecule has 0 radical (unpaired) electrons. The molecule has 14 heavy (non-hydrogen) atoms. The highest BCUT2D eigenvalue weighted by atomic mass is 19.3. The first kappa shape index (κ1) is 9.90. The Morgan fingerprint density at radius 3 is 0.643 bits per heavy atom. The van der Waals surface area contributed by atoms with Crippen molar-refractivity contribution in [3.63, 3.8) is 0 Å². The Morgan fingerprint density at radius 1 is 0.429 bits per heavy atom. The van der Waals surface area contributed by atoms with E-state index in [4.69, 9.17) is 0 Å². The maximum atomic E-state index is 12.0. The Balaban J connectivity index is 2.24. The van der Waals surface area contributed by atoms with Gasteiger partial charge in [0.1, 0.15) is 0 Å². The molecular weight excluding hydrogens is 228 g/mol. The van der Waals surface area contributed by atoms with E-state index in [0.717, 1.165) is 0 Å². The number of nitrogens with zero attached hydrogens (tertiary/aromatic N) is 2. The van der Waals surface area contributed by atoms with Crippen molar-refractivity contribution in [2.24, 2.45) is 0 Å². The van der Waals surface area contributed by atoms with Gasteiger partial charge in [0.05, 0.1) is 0 Å². The molecule has 2 aliphatic heterocycles. The quantitative estimate of drug-likeness (QED) is 0.384. The summed E-state index contributed by atoms with van der Waals surface area (Å²) in [6.45, 7) is 0. The SMILES string of the molecule is FC1(F)N(N2C(F)(F)C2(F)F)C1(F)F. The lowest BCUT2D eigenvalue weighted by Crippen LogP contribution is -2.21. The number of hydrogen-bond donors (Lipinski definition) is 0. The molecule has 0 amide bonds. The summed E-state index contributed by atoms with van der Waals surface area (Å²) in [6, 6.07) is -19.9. The zero-order chi connectivity index (χ0) is 11.2. The molecule has 2 fully saturated rings. The maximum Gasteiger partial charge on any atom is 0.401 e. The molecule has 2 aliphatic rings. The zero-order valence-electron chi connectivity index (χ0n) is 5.92. The molecule has 0 N–H and O–H groups in total. The number of rotatable bonds is 1. The van der Waals surface area contributed by atoms with E-state index in [1.54, 1.807) is 0 Å². The summed E-state index contributed by atoms with van der Waals surface area (Å²) in [7, 11) is 0. The largest absolute Gasteiger partial charge is 0.401 e. The van der Waals surface area contributed by atoms with Crippen molar-refractivity contribution >= 4 is 0 Å². The second kappa shape index (κ2) is 1.85. The third-order valence-electron chi connectivity index (χ3n) is 1.89. The van der Waals surface area contributed by atoms with Gasteiger partial charge in [0.25, 0.3) is 0 Å². The molecule has 0 aromatic rings. The van der Waals surface area contributed by atoms with Crippen molar-refractivity contribution in [3.8, 4) is 0 Å². The molecule has 0 aromatic carbocycles. The Morgan fingerprint density at radius 2 is 0.571 bits per heavy atom. The lowest BCUT2D eigenvalue weighted by atomic mass is 10.8. The zero-order valence-corrected chi connectivity index (χ0v) is 5.92. The van der Waals surface area contributed by atoms with Crippen LogP contribution in [0.5, 0.6) is 0 Å². The smallest absolute Gasteiger partial charge is 0.178 e. The van der Waals surface area contributed by atoms with Crippen molar-refractivity contribution in [2.75, 3.05) is 0 Å². The molecule has 82 valence electrons. The van der Waals surface area contributed by atoms with Crippen LogP contribution in [0.3, 0.4) is 0 Å². The highest BCUT2D eigenvalue weighted by molar-refractivity contribution is 5.12. The lowest BCUT2D eigenvalue weighted by Gasteiger charge is -1.97.